The van der Waals surface area contributed by atoms with Crippen molar-refractivity contribution in [2.75, 3.05) is 4.90 Å². The molecule has 2 aromatic heterocycles. The van der Waals surface area contributed by atoms with Crippen LogP contribution in [0.25, 0.3) is 61.4 Å². The van der Waals surface area contributed by atoms with Gasteiger partial charge in [0.2, 0.25) is 0 Å². The molecule has 0 aliphatic carbocycles. The highest BCUT2D eigenvalue weighted by atomic mass is 15.1. The van der Waals surface area contributed by atoms with Crippen LogP contribution in [0.2, 0.25) is 0 Å². The average molecular weight is 691 g/mol. The Labute approximate surface area is 312 Å². The molecule has 0 saturated heterocycles. The lowest BCUT2D eigenvalue weighted by Gasteiger charge is -2.25. The van der Waals surface area contributed by atoms with Crippen molar-refractivity contribution in [1.82, 2.24) is 14.5 Å². The summed E-state index contributed by atoms with van der Waals surface area (Å²) in [6, 6.07) is 65.4. The molecule has 6 nitrogen and oxygen atoms in total. The van der Waals surface area contributed by atoms with Crippen LogP contribution < -0.4 is 4.90 Å². The van der Waals surface area contributed by atoms with Crippen LogP contribution in [0, 0.1) is 22.7 Å². The van der Waals surface area contributed by atoms with E-state index in [2.05, 4.69) is 70.1 Å². The predicted molar refractivity (Wildman–Crippen MR) is 217 cm³/mol. The lowest BCUT2D eigenvalue weighted by atomic mass is 9.99. The van der Waals surface area contributed by atoms with E-state index in [0.29, 0.717) is 33.9 Å². The van der Waals surface area contributed by atoms with Crippen molar-refractivity contribution >= 4 is 38.9 Å². The number of benzene rings is 7. The van der Waals surface area contributed by atoms with Gasteiger partial charge in [-0.25, -0.2) is 9.97 Å². The van der Waals surface area contributed by atoms with Gasteiger partial charge < -0.3 is 9.47 Å². The monoisotopic (exact) mass is 690 g/mol. The number of nitrogens with zero attached hydrogens (tertiary/aromatic N) is 6. The SMILES string of the molecule is N#Cc1cc(-c2cc(-c3ccccc3)nc(-c3ccccc3)n2)cc(C#N)c1-n1c2ccccc2c2cc(N(c3ccccc3)c3ccccc3)ccc21. The Morgan fingerprint density at radius 2 is 0.926 bits per heavy atom. The van der Waals surface area contributed by atoms with Gasteiger partial charge >= 0.3 is 0 Å². The van der Waals surface area contributed by atoms with Gasteiger partial charge in [-0.15, -0.1) is 0 Å². The van der Waals surface area contributed by atoms with Gasteiger partial charge in [-0.3, -0.25) is 0 Å². The Morgan fingerprint density at radius 3 is 1.52 bits per heavy atom. The Balaban J connectivity index is 1.24. The number of rotatable bonds is 7. The lowest BCUT2D eigenvalue weighted by Crippen LogP contribution is -2.09. The fourth-order valence-corrected chi connectivity index (χ4v) is 7.20. The number of para-hydroxylation sites is 3. The number of anilines is 3. The molecule has 54 heavy (non-hydrogen) atoms. The predicted octanol–water partition coefficient (Wildman–Crippen LogP) is 11.8. The Hall–Kier alpha value is -7.80. The van der Waals surface area contributed by atoms with Crippen molar-refractivity contribution < 1.29 is 0 Å². The molecule has 6 heteroatoms. The van der Waals surface area contributed by atoms with Crippen molar-refractivity contribution in [2.24, 2.45) is 0 Å². The van der Waals surface area contributed by atoms with E-state index in [1.165, 1.54) is 0 Å². The minimum absolute atomic E-state index is 0.368. The van der Waals surface area contributed by atoms with Crippen molar-refractivity contribution in [3.63, 3.8) is 0 Å². The van der Waals surface area contributed by atoms with Gasteiger partial charge in [-0.05, 0) is 66.7 Å². The molecule has 2 heterocycles. The first-order valence-electron chi connectivity index (χ1n) is 17.6. The zero-order valence-corrected chi connectivity index (χ0v) is 29.0. The molecule has 0 radical (unpaired) electrons. The number of nitriles is 2. The minimum atomic E-state index is 0.368. The largest absolute Gasteiger partial charge is 0.310 e. The number of hydrogen-bond acceptors (Lipinski definition) is 5. The van der Waals surface area contributed by atoms with E-state index in [1.54, 1.807) is 0 Å². The number of hydrogen-bond donors (Lipinski definition) is 0. The second-order valence-corrected chi connectivity index (χ2v) is 12.9. The highest BCUT2D eigenvalue weighted by Crippen LogP contribution is 2.41. The molecular formula is C48H30N6. The highest BCUT2D eigenvalue weighted by molar-refractivity contribution is 6.11. The summed E-state index contributed by atoms with van der Waals surface area (Å²) in [6.07, 6.45) is 0. The molecule has 0 aliphatic rings. The van der Waals surface area contributed by atoms with Crippen molar-refractivity contribution in [3.8, 4) is 51.7 Å². The van der Waals surface area contributed by atoms with Gasteiger partial charge in [0.15, 0.2) is 5.82 Å². The fourth-order valence-electron chi connectivity index (χ4n) is 7.20. The van der Waals surface area contributed by atoms with E-state index < -0.39 is 0 Å². The molecule has 252 valence electrons. The number of aromatic nitrogens is 3. The molecule has 0 bridgehead atoms. The maximum Gasteiger partial charge on any atom is 0.160 e. The maximum absolute atomic E-state index is 10.8. The molecule has 0 fully saturated rings. The lowest BCUT2D eigenvalue weighted by molar-refractivity contribution is 1.15. The summed E-state index contributed by atoms with van der Waals surface area (Å²) in [5.41, 5.74) is 9.97. The van der Waals surface area contributed by atoms with Crippen LogP contribution in [0.15, 0.2) is 182 Å². The third-order valence-corrected chi connectivity index (χ3v) is 9.64. The van der Waals surface area contributed by atoms with Crippen molar-refractivity contribution in [2.45, 2.75) is 0 Å². The second-order valence-electron chi connectivity index (χ2n) is 12.9. The summed E-state index contributed by atoms with van der Waals surface area (Å²) in [7, 11) is 0. The summed E-state index contributed by atoms with van der Waals surface area (Å²) in [5.74, 6) is 0.561. The second kappa shape index (κ2) is 13.7. The first-order chi connectivity index (χ1) is 26.7. The van der Waals surface area contributed by atoms with E-state index in [4.69, 9.17) is 9.97 Å². The standard InChI is InChI=1S/C48H30N6/c49-31-36-27-35(44-30-43(33-15-5-1-6-16-33)51-48(52-44)34-17-7-2-8-18-34)28-37(32-50)47(36)54-45-24-14-13-23-41(45)42-29-40(25-26-46(42)54)53(38-19-9-3-10-20-38)39-21-11-4-12-22-39/h1-30H. The first kappa shape index (κ1) is 32.1. The molecule has 0 spiro atoms. The van der Waals surface area contributed by atoms with Crippen molar-refractivity contribution in [3.05, 3.63) is 193 Å². The summed E-state index contributed by atoms with van der Waals surface area (Å²) in [4.78, 5) is 12.1. The third kappa shape index (κ3) is 5.71. The molecule has 7 aromatic carbocycles. The minimum Gasteiger partial charge on any atom is -0.310 e. The quantitative estimate of drug-likeness (QED) is 0.166. The normalized spacial score (nSPS) is 10.9. The number of fused-ring (bicyclic) bond motifs is 3. The van der Waals surface area contributed by atoms with E-state index in [-0.39, 0.29) is 0 Å². The fraction of sp³-hybridized carbons (Fsp3) is 0. The zero-order valence-electron chi connectivity index (χ0n) is 29.0. The van der Waals surface area contributed by atoms with E-state index in [0.717, 1.165) is 55.7 Å². The summed E-state index contributed by atoms with van der Waals surface area (Å²) in [6.45, 7) is 0. The molecule has 9 rings (SSSR count). The molecule has 9 aromatic rings. The molecule has 0 aliphatic heterocycles. The van der Waals surface area contributed by atoms with Crippen molar-refractivity contribution in [1.29, 1.82) is 10.5 Å². The molecule has 0 unspecified atom stereocenters. The highest BCUT2D eigenvalue weighted by Gasteiger charge is 2.22. The van der Waals surface area contributed by atoms with Gasteiger partial charge in [0.25, 0.3) is 0 Å². The van der Waals surface area contributed by atoms with Crippen LogP contribution in [0.1, 0.15) is 11.1 Å². The van der Waals surface area contributed by atoms with Crippen LogP contribution in [-0.2, 0) is 0 Å². The van der Waals surface area contributed by atoms with Gasteiger partial charge in [0, 0.05) is 44.5 Å². The van der Waals surface area contributed by atoms with Gasteiger partial charge in [-0.2, -0.15) is 10.5 Å². The molecular weight excluding hydrogens is 661 g/mol. The topological polar surface area (TPSA) is 81.5 Å². The smallest absolute Gasteiger partial charge is 0.160 e. The Kier molecular flexibility index (Phi) is 8.17. The van der Waals surface area contributed by atoms with Crippen LogP contribution >= 0.6 is 0 Å². The summed E-state index contributed by atoms with van der Waals surface area (Å²) < 4.78 is 2.05. The first-order valence-corrected chi connectivity index (χ1v) is 17.6. The molecule has 0 atom stereocenters. The molecule has 0 amide bonds. The van der Waals surface area contributed by atoms with Crippen LogP contribution in [0.4, 0.5) is 17.1 Å². The van der Waals surface area contributed by atoms with Crippen LogP contribution in [0.5, 0.6) is 0 Å². The van der Waals surface area contributed by atoms with E-state index in [9.17, 15) is 10.5 Å². The third-order valence-electron chi connectivity index (χ3n) is 9.64. The van der Waals surface area contributed by atoms with Gasteiger partial charge in [-0.1, -0.05) is 115 Å². The van der Waals surface area contributed by atoms with Gasteiger partial charge in [0.05, 0.1) is 39.2 Å². The Morgan fingerprint density at radius 1 is 0.426 bits per heavy atom. The van der Waals surface area contributed by atoms with Gasteiger partial charge in [0.1, 0.15) is 12.1 Å². The summed E-state index contributed by atoms with van der Waals surface area (Å²) in [5, 5.41) is 23.6. The van der Waals surface area contributed by atoms with E-state index >= 15 is 0 Å². The van der Waals surface area contributed by atoms with Crippen LogP contribution in [0.3, 0.4) is 0 Å². The Bertz CT molecular complexity index is 2760. The summed E-state index contributed by atoms with van der Waals surface area (Å²) >= 11 is 0. The average Bonchev–Trinajstić information content (AvgIpc) is 3.57. The maximum atomic E-state index is 10.8. The van der Waals surface area contributed by atoms with Crippen LogP contribution in [-0.4, -0.2) is 14.5 Å². The zero-order chi connectivity index (χ0) is 36.4. The molecule has 0 saturated carbocycles. The molecule has 0 N–H and O–H groups in total. The van der Waals surface area contributed by atoms with E-state index in [1.807, 2.05) is 133 Å².